The molecule has 2 aromatic carbocycles. The van der Waals surface area contributed by atoms with Crippen molar-refractivity contribution in [1.29, 1.82) is 0 Å². The molecule has 23 heavy (non-hydrogen) atoms. The largest absolute Gasteiger partial charge is 0.497 e. The van der Waals surface area contributed by atoms with Gasteiger partial charge in [0.05, 0.1) is 12.6 Å². The molecular weight excluding hydrogens is 288 g/mol. The summed E-state index contributed by atoms with van der Waals surface area (Å²) in [6.07, 6.45) is 2.81. The van der Waals surface area contributed by atoms with Crippen molar-refractivity contribution in [2.75, 3.05) is 12.4 Å². The molecule has 0 radical (unpaired) electrons. The molecule has 0 spiro atoms. The first kappa shape index (κ1) is 15.4. The fraction of sp³-hybridized carbons (Fsp3) is 0.316. The number of hydrogen-bond donors (Lipinski definition) is 2. The average molecular weight is 310 g/mol. The van der Waals surface area contributed by atoms with E-state index in [1.165, 1.54) is 0 Å². The van der Waals surface area contributed by atoms with Crippen molar-refractivity contribution in [3.05, 3.63) is 59.7 Å². The highest BCUT2D eigenvalue weighted by atomic mass is 16.5. The molecule has 0 bridgehead atoms. The fourth-order valence-corrected chi connectivity index (χ4v) is 2.84. The van der Waals surface area contributed by atoms with E-state index in [0.29, 0.717) is 0 Å². The third kappa shape index (κ3) is 3.31. The summed E-state index contributed by atoms with van der Waals surface area (Å²) in [5, 5.41) is 6.11. The van der Waals surface area contributed by atoms with Crippen molar-refractivity contribution in [2.24, 2.45) is 0 Å². The number of aryl methyl sites for hydroxylation is 1. The molecule has 2 amide bonds. The van der Waals surface area contributed by atoms with Crippen LogP contribution in [0.5, 0.6) is 5.75 Å². The monoisotopic (exact) mass is 310 g/mol. The van der Waals surface area contributed by atoms with Crippen LogP contribution < -0.4 is 15.4 Å². The standard InChI is InChI=1S/C19H22N2O2/c1-3-14-6-4-5-7-17(14)20-18(22)21-19(12-13-19)15-8-10-16(23-2)11-9-15/h4-11H,3,12-13H2,1-2H3,(H2,20,21,22). The highest BCUT2D eigenvalue weighted by Crippen LogP contribution is 2.45. The van der Waals surface area contributed by atoms with Crippen LogP contribution in [0.1, 0.15) is 30.9 Å². The summed E-state index contributed by atoms with van der Waals surface area (Å²) in [7, 11) is 1.65. The normalized spacial score (nSPS) is 14.9. The number of amides is 2. The van der Waals surface area contributed by atoms with Crippen molar-refractivity contribution >= 4 is 11.7 Å². The van der Waals surface area contributed by atoms with Gasteiger partial charge < -0.3 is 15.4 Å². The predicted octanol–water partition coefficient (Wildman–Crippen LogP) is 4.07. The summed E-state index contributed by atoms with van der Waals surface area (Å²) in [5.41, 5.74) is 2.89. The van der Waals surface area contributed by atoms with Gasteiger partial charge in [-0.05, 0) is 48.6 Å². The van der Waals surface area contributed by atoms with Gasteiger partial charge in [-0.1, -0.05) is 37.3 Å². The second-order valence-electron chi connectivity index (χ2n) is 5.90. The molecule has 1 fully saturated rings. The number of rotatable bonds is 5. The molecule has 0 saturated heterocycles. The van der Waals surface area contributed by atoms with Crippen molar-refractivity contribution in [1.82, 2.24) is 5.32 Å². The van der Waals surface area contributed by atoms with E-state index >= 15 is 0 Å². The highest BCUT2D eigenvalue weighted by Gasteiger charge is 2.45. The molecule has 1 aliphatic carbocycles. The number of methoxy groups -OCH3 is 1. The van der Waals surface area contributed by atoms with Crippen molar-refractivity contribution in [3.63, 3.8) is 0 Å². The third-order valence-electron chi connectivity index (χ3n) is 4.39. The molecule has 2 aromatic rings. The van der Waals surface area contributed by atoms with E-state index in [-0.39, 0.29) is 11.6 Å². The van der Waals surface area contributed by atoms with Crippen LogP contribution in [0.15, 0.2) is 48.5 Å². The van der Waals surface area contributed by atoms with E-state index in [1.807, 2.05) is 48.5 Å². The molecule has 1 aliphatic rings. The molecule has 0 aromatic heterocycles. The lowest BCUT2D eigenvalue weighted by Crippen LogP contribution is -2.38. The van der Waals surface area contributed by atoms with Gasteiger partial charge in [0, 0.05) is 5.69 Å². The van der Waals surface area contributed by atoms with Crippen molar-refractivity contribution < 1.29 is 9.53 Å². The van der Waals surface area contributed by atoms with Crippen LogP contribution >= 0.6 is 0 Å². The molecule has 2 N–H and O–H groups in total. The van der Waals surface area contributed by atoms with E-state index in [1.54, 1.807) is 7.11 Å². The van der Waals surface area contributed by atoms with Crippen molar-refractivity contribution in [3.8, 4) is 5.75 Å². The lowest BCUT2D eigenvalue weighted by molar-refractivity contribution is 0.247. The fourth-order valence-electron chi connectivity index (χ4n) is 2.84. The number of para-hydroxylation sites is 1. The third-order valence-corrected chi connectivity index (χ3v) is 4.39. The topological polar surface area (TPSA) is 50.4 Å². The summed E-state index contributed by atoms with van der Waals surface area (Å²) in [4.78, 5) is 12.4. The van der Waals surface area contributed by atoms with Crippen LogP contribution in [0.3, 0.4) is 0 Å². The lowest BCUT2D eigenvalue weighted by Gasteiger charge is -2.19. The zero-order valence-electron chi connectivity index (χ0n) is 13.6. The maximum absolute atomic E-state index is 12.4. The molecule has 0 atom stereocenters. The Morgan fingerprint density at radius 1 is 1.13 bits per heavy atom. The Hall–Kier alpha value is -2.49. The average Bonchev–Trinajstić information content (AvgIpc) is 3.36. The van der Waals surface area contributed by atoms with E-state index in [4.69, 9.17) is 4.74 Å². The first-order valence-corrected chi connectivity index (χ1v) is 7.98. The summed E-state index contributed by atoms with van der Waals surface area (Å²) in [6, 6.07) is 15.6. The highest BCUT2D eigenvalue weighted by molar-refractivity contribution is 5.91. The molecule has 4 heteroatoms. The maximum atomic E-state index is 12.4. The Kier molecular flexibility index (Phi) is 4.24. The first-order chi connectivity index (χ1) is 11.2. The molecule has 0 unspecified atom stereocenters. The van der Waals surface area contributed by atoms with E-state index in [0.717, 1.165) is 41.8 Å². The number of hydrogen-bond acceptors (Lipinski definition) is 2. The number of nitrogens with one attached hydrogen (secondary N) is 2. The molecule has 0 heterocycles. The smallest absolute Gasteiger partial charge is 0.319 e. The Bertz CT molecular complexity index is 691. The molecule has 0 aliphatic heterocycles. The van der Waals surface area contributed by atoms with Crippen LogP contribution in [-0.4, -0.2) is 13.1 Å². The van der Waals surface area contributed by atoms with E-state index < -0.39 is 0 Å². The predicted molar refractivity (Wildman–Crippen MR) is 91.9 cm³/mol. The number of urea groups is 1. The van der Waals surface area contributed by atoms with Crippen LogP contribution in [0.2, 0.25) is 0 Å². The SMILES string of the molecule is CCc1ccccc1NC(=O)NC1(c2ccc(OC)cc2)CC1. The van der Waals surface area contributed by atoms with Gasteiger partial charge in [0.15, 0.2) is 0 Å². The van der Waals surface area contributed by atoms with Gasteiger partial charge in [0.25, 0.3) is 0 Å². The Morgan fingerprint density at radius 2 is 1.83 bits per heavy atom. The van der Waals surface area contributed by atoms with Gasteiger partial charge in [-0.25, -0.2) is 4.79 Å². The van der Waals surface area contributed by atoms with Gasteiger partial charge in [-0.3, -0.25) is 0 Å². The van der Waals surface area contributed by atoms with Gasteiger partial charge in [0.1, 0.15) is 5.75 Å². The Balaban J connectivity index is 1.69. The Labute approximate surface area is 136 Å². The van der Waals surface area contributed by atoms with Crippen LogP contribution in [0.25, 0.3) is 0 Å². The van der Waals surface area contributed by atoms with Crippen LogP contribution in [-0.2, 0) is 12.0 Å². The number of benzene rings is 2. The minimum Gasteiger partial charge on any atom is -0.497 e. The zero-order valence-corrected chi connectivity index (χ0v) is 13.6. The Morgan fingerprint density at radius 3 is 2.43 bits per heavy atom. The molecule has 4 nitrogen and oxygen atoms in total. The maximum Gasteiger partial charge on any atom is 0.319 e. The number of carbonyl (C=O) groups is 1. The summed E-state index contributed by atoms with van der Waals surface area (Å²) in [5.74, 6) is 0.825. The quantitative estimate of drug-likeness (QED) is 0.874. The number of carbonyl (C=O) groups excluding carboxylic acids is 1. The van der Waals surface area contributed by atoms with Gasteiger partial charge in [0.2, 0.25) is 0 Å². The van der Waals surface area contributed by atoms with Gasteiger partial charge in [-0.15, -0.1) is 0 Å². The minimum atomic E-state index is -0.239. The molecule has 3 rings (SSSR count). The van der Waals surface area contributed by atoms with Crippen LogP contribution in [0, 0.1) is 0 Å². The molecule has 120 valence electrons. The second kappa shape index (κ2) is 6.32. The number of ether oxygens (including phenoxy) is 1. The first-order valence-electron chi connectivity index (χ1n) is 7.98. The summed E-state index contributed by atoms with van der Waals surface area (Å²) in [6.45, 7) is 2.08. The van der Waals surface area contributed by atoms with Gasteiger partial charge in [-0.2, -0.15) is 0 Å². The van der Waals surface area contributed by atoms with Crippen LogP contribution in [0.4, 0.5) is 10.5 Å². The van der Waals surface area contributed by atoms with E-state index in [2.05, 4.69) is 17.6 Å². The van der Waals surface area contributed by atoms with Crippen molar-refractivity contribution in [2.45, 2.75) is 31.7 Å². The zero-order chi connectivity index (χ0) is 16.3. The number of anilines is 1. The lowest BCUT2D eigenvalue weighted by atomic mass is 10.0. The molecule has 1 saturated carbocycles. The second-order valence-corrected chi connectivity index (χ2v) is 5.90. The molecular formula is C19H22N2O2. The minimum absolute atomic E-state index is 0.154. The van der Waals surface area contributed by atoms with Gasteiger partial charge >= 0.3 is 6.03 Å². The summed E-state index contributed by atoms with van der Waals surface area (Å²) < 4.78 is 5.19. The van der Waals surface area contributed by atoms with E-state index in [9.17, 15) is 4.79 Å². The summed E-state index contributed by atoms with van der Waals surface area (Å²) >= 11 is 0.